The van der Waals surface area contributed by atoms with Gasteiger partial charge < -0.3 is 20.5 Å². The number of anilines is 1. The number of carbonyl (C=O) groups is 1. The standard InChI is InChI=1S/C22H34N2O3/c1-27-18-13-11-17(12-14-18)24-22(15-7-4-8-16-22)21(26)23-19-9-5-2-3-6-10-20(19)25/h11-14,19-20,24-25H,2-10,15-16H2,1H3,(H,23,26)/t19-,20-/m0/s1. The Morgan fingerprint density at radius 1 is 1.00 bits per heavy atom. The molecule has 2 aliphatic carbocycles. The van der Waals surface area contributed by atoms with Crippen molar-refractivity contribution in [1.29, 1.82) is 0 Å². The van der Waals surface area contributed by atoms with Crippen LogP contribution in [0.15, 0.2) is 24.3 Å². The Balaban J connectivity index is 1.72. The second-order valence-electron chi connectivity index (χ2n) is 8.14. The lowest BCUT2D eigenvalue weighted by Crippen LogP contribution is -2.57. The second kappa shape index (κ2) is 9.45. The zero-order chi connectivity index (χ0) is 19.1. The normalized spacial score (nSPS) is 25.7. The summed E-state index contributed by atoms with van der Waals surface area (Å²) in [6.07, 6.45) is 10.6. The van der Waals surface area contributed by atoms with Crippen LogP contribution in [0.4, 0.5) is 5.69 Å². The Labute approximate surface area is 162 Å². The van der Waals surface area contributed by atoms with Crippen molar-refractivity contribution in [3.63, 3.8) is 0 Å². The first-order valence-electron chi connectivity index (χ1n) is 10.5. The van der Waals surface area contributed by atoms with Gasteiger partial charge in [-0.2, -0.15) is 0 Å². The molecule has 0 spiro atoms. The van der Waals surface area contributed by atoms with Crippen LogP contribution in [0.3, 0.4) is 0 Å². The van der Waals surface area contributed by atoms with Crippen molar-refractivity contribution >= 4 is 11.6 Å². The maximum atomic E-state index is 13.4. The lowest BCUT2D eigenvalue weighted by Gasteiger charge is -2.39. The van der Waals surface area contributed by atoms with Crippen molar-refractivity contribution in [3.8, 4) is 5.75 Å². The summed E-state index contributed by atoms with van der Waals surface area (Å²) in [6.45, 7) is 0. The first kappa shape index (κ1) is 20.0. The van der Waals surface area contributed by atoms with Crippen LogP contribution in [-0.4, -0.2) is 35.8 Å². The van der Waals surface area contributed by atoms with Crippen LogP contribution in [0.1, 0.15) is 70.6 Å². The van der Waals surface area contributed by atoms with E-state index < -0.39 is 11.6 Å². The molecule has 0 aliphatic heterocycles. The smallest absolute Gasteiger partial charge is 0.245 e. The topological polar surface area (TPSA) is 70.6 Å². The number of aliphatic hydroxyl groups is 1. The highest BCUT2D eigenvalue weighted by molar-refractivity contribution is 5.90. The number of benzene rings is 1. The third kappa shape index (κ3) is 5.16. The van der Waals surface area contributed by atoms with Gasteiger partial charge in [0.25, 0.3) is 0 Å². The van der Waals surface area contributed by atoms with E-state index in [1.807, 2.05) is 24.3 Å². The summed E-state index contributed by atoms with van der Waals surface area (Å²) in [4.78, 5) is 13.4. The monoisotopic (exact) mass is 374 g/mol. The molecule has 0 heterocycles. The van der Waals surface area contributed by atoms with E-state index in [4.69, 9.17) is 4.74 Å². The number of nitrogens with one attached hydrogen (secondary N) is 2. The third-order valence-corrected chi connectivity index (χ3v) is 6.16. The summed E-state index contributed by atoms with van der Waals surface area (Å²) in [7, 11) is 1.65. The van der Waals surface area contributed by atoms with Gasteiger partial charge in [0.1, 0.15) is 11.3 Å². The first-order valence-corrected chi connectivity index (χ1v) is 10.5. The number of hydrogen-bond donors (Lipinski definition) is 3. The molecule has 5 heteroatoms. The largest absolute Gasteiger partial charge is 0.497 e. The summed E-state index contributed by atoms with van der Waals surface area (Å²) in [5.41, 5.74) is 0.348. The zero-order valence-electron chi connectivity index (χ0n) is 16.5. The van der Waals surface area contributed by atoms with E-state index in [2.05, 4.69) is 10.6 Å². The number of amides is 1. The minimum atomic E-state index is -0.588. The van der Waals surface area contributed by atoms with Gasteiger partial charge in [-0.3, -0.25) is 4.79 Å². The molecule has 0 saturated heterocycles. The lowest BCUT2D eigenvalue weighted by atomic mass is 9.80. The van der Waals surface area contributed by atoms with E-state index >= 15 is 0 Å². The van der Waals surface area contributed by atoms with Crippen LogP contribution in [0.2, 0.25) is 0 Å². The quantitative estimate of drug-likeness (QED) is 0.728. The number of hydrogen-bond acceptors (Lipinski definition) is 4. The molecule has 1 aromatic rings. The molecule has 27 heavy (non-hydrogen) atoms. The van der Waals surface area contributed by atoms with Crippen LogP contribution in [0.5, 0.6) is 5.75 Å². The maximum Gasteiger partial charge on any atom is 0.245 e. The number of carbonyl (C=O) groups excluding carboxylic acids is 1. The van der Waals surface area contributed by atoms with Gasteiger partial charge in [-0.1, -0.05) is 44.9 Å². The van der Waals surface area contributed by atoms with Gasteiger partial charge in [0, 0.05) is 5.69 Å². The van der Waals surface area contributed by atoms with Gasteiger partial charge in [0.2, 0.25) is 5.91 Å². The molecule has 0 aromatic heterocycles. The van der Waals surface area contributed by atoms with Gasteiger partial charge in [-0.05, 0) is 49.9 Å². The molecule has 2 fully saturated rings. The molecule has 1 amide bonds. The van der Waals surface area contributed by atoms with Crippen LogP contribution in [0.25, 0.3) is 0 Å². The average molecular weight is 375 g/mol. The molecule has 150 valence electrons. The molecule has 0 radical (unpaired) electrons. The molecule has 1 aromatic carbocycles. The number of aliphatic hydroxyl groups excluding tert-OH is 1. The summed E-state index contributed by atoms with van der Waals surface area (Å²) in [5.74, 6) is 0.850. The van der Waals surface area contributed by atoms with E-state index in [1.165, 1.54) is 19.3 Å². The fraction of sp³-hybridized carbons (Fsp3) is 0.682. The van der Waals surface area contributed by atoms with Crippen LogP contribution < -0.4 is 15.4 Å². The van der Waals surface area contributed by atoms with Crippen molar-refractivity contribution < 1.29 is 14.6 Å². The fourth-order valence-electron chi connectivity index (χ4n) is 4.45. The van der Waals surface area contributed by atoms with Gasteiger partial charge >= 0.3 is 0 Å². The maximum absolute atomic E-state index is 13.4. The van der Waals surface area contributed by atoms with Crippen molar-refractivity contribution in [2.75, 3.05) is 12.4 Å². The second-order valence-corrected chi connectivity index (χ2v) is 8.14. The Morgan fingerprint density at radius 3 is 2.30 bits per heavy atom. The number of rotatable bonds is 5. The van der Waals surface area contributed by atoms with Gasteiger partial charge in [0.15, 0.2) is 0 Å². The molecule has 2 aliphatic rings. The van der Waals surface area contributed by atoms with E-state index in [0.29, 0.717) is 0 Å². The van der Waals surface area contributed by atoms with Crippen molar-refractivity contribution in [2.24, 2.45) is 0 Å². The van der Waals surface area contributed by atoms with E-state index in [1.54, 1.807) is 7.11 Å². The molecule has 2 atom stereocenters. The predicted octanol–water partition coefficient (Wildman–Crippen LogP) is 4.01. The molecule has 3 rings (SSSR count). The molecular weight excluding hydrogens is 340 g/mol. The molecular formula is C22H34N2O3. The summed E-state index contributed by atoms with van der Waals surface area (Å²) < 4.78 is 5.23. The Morgan fingerprint density at radius 2 is 1.63 bits per heavy atom. The molecule has 0 unspecified atom stereocenters. The minimum Gasteiger partial charge on any atom is -0.497 e. The van der Waals surface area contributed by atoms with E-state index in [9.17, 15) is 9.90 Å². The van der Waals surface area contributed by atoms with Crippen molar-refractivity contribution in [2.45, 2.75) is 88.3 Å². The Hall–Kier alpha value is -1.75. The van der Waals surface area contributed by atoms with Gasteiger partial charge in [-0.25, -0.2) is 0 Å². The van der Waals surface area contributed by atoms with Crippen LogP contribution in [0, 0.1) is 0 Å². The zero-order valence-corrected chi connectivity index (χ0v) is 16.5. The van der Waals surface area contributed by atoms with Crippen LogP contribution >= 0.6 is 0 Å². The number of ether oxygens (including phenoxy) is 1. The molecule has 0 bridgehead atoms. The third-order valence-electron chi connectivity index (χ3n) is 6.16. The fourth-order valence-corrected chi connectivity index (χ4v) is 4.45. The molecule has 2 saturated carbocycles. The van der Waals surface area contributed by atoms with Crippen LogP contribution in [-0.2, 0) is 4.79 Å². The SMILES string of the molecule is COc1ccc(NC2(C(=O)N[C@H]3CCCCCC[C@@H]3O)CCCCC2)cc1. The molecule has 3 N–H and O–H groups in total. The van der Waals surface area contributed by atoms with Gasteiger partial charge in [0.05, 0.1) is 19.3 Å². The van der Waals surface area contributed by atoms with E-state index in [-0.39, 0.29) is 11.9 Å². The highest BCUT2D eigenvalue weighted by Gasteiger charge is 2.41. The van der Waals surface area contributed by atoms with E-state index in [0.717, 1.165) is 62.8 Å². The van der Waals surface area contributed by atoms with Gasteiger partial charge in [-0.15, -0.1) is 0 Å². The summed E-state index contributed by atoms with van der Waals surface area (Å²) >= 11 is 0. The molecule has 5 nitrogen and oxygen atoms in total. The lowest BCUT2D eigenvalue weighted by molar-refractivity contribution is -0.128. The average Bonchev–Trinajstić information content (AvgIpc) is 2.69. The number of methoxy groups -OCH3 is 1. The minimum absolute atomic E-state index is 0.0441. The Bertz CT molecular complexity index is 596. The summed E-state index contributed by atoms with van der Waals surface area (Å²) in [6, 6.07) is 7.62. The predicted molar refractivity (Wildman–Crippen MR) is 108 cm³/mol. The highest BCUT2D eigenvalue weighted by atomic mass is 16.5. The first-order chi connectivity index (χ1) is 13.1. The van der Waals surface area contributed by atoms with Crippen molar-refractivity contribution in [1.82, 2.24) is 5.32 Å². The Kier molecular flexibility index (Phi) is 7.00. The van der Waals surface area contributed by atoms with Crippen molar-refractivity contribution in [3.05, 3.63) is 24.3 Å². The highest BCUT2D eigenvalue weighted by Crippen LogP contribution is 2.33. The summed E-state index contributed by atoms with van der Waals surface area (Å²) in [5, 5.41) is 17.2.